The fourth-order valence-corrected chi connectivity index (χ4v) is 8.62. The van der Waals surface area contributed by atoms with E-state index in [0.29, 0.717) is 45.2 Å². The number of thioether (sulfide) groups is 1. The van der Waals surface area contributed by atoms with Crippen molar-refractivity contribution in [3.8, 4) is 0 Å². The largest absolute Gasteiger partial charge is 0.465 e. The molecule has 298 valence electrons. The maximum atomic E-state index is 14.3. The standard InChI is InChI=1S/C44H41BrN4O7S2/c1-44(2,3)56-43(54)49-23-22-33-35(26-49)58-41(36(33)42(53)55-4)48-40(52)37(28-12-7-5-8-13-28)57-32-17-11-16-31(25-32)46-39(51)34(24-27-18-20-30(45)21-19-27)47-38(50)29-14-9-6-10-15-29/h5-21,24-25,37H,22-23,26H2,1-4H3,(H,46,51)(H,47,50)(H,48,52)/b34-24+. The number of carbonyl (C=O) groups is 5. The highest BCUT2D eigenvalue weighted by Crippen LogP contribution is 2.41. The number of rotatable bonds is 11. The minimum absolute atomic E-state index is 0.0324. The van der Waals surface area contributed by atoms with E-state index in [-0.39, 0.29) is 23.7 Å². The van der Waals surface area contributed by atoms with Crippen molar-refractivity contribution in [1.29, 1.82) is 0 Å². The van der Waals surface area contributed by atoms with Gasteiger partial charge in [-0.25, -0.2) is 9.59 Å². The number of halogens is 1. The quantitative estimate of drug-likeness (QED) is 0.0677. The van der Waals surface area contributed by atoms with Gasteiger partial charge in [0.2, 0.25) is 5.91 Å². The Morgan fingerprint density at radius 3 is 2.24 bits per heavy atom. The number of hydrogen-bond acceptors (Lipinski definition) is 9. The summed E-state index contributed by atoms with van der Waals surface area (Å²) in [6.45, 7) is 5.97. The van der Waals surface area contributed by atoms with Crippen LogP contribution in [0.4, 0.5) is 15.5 Å². The molecule has 1 aromatic heterocycles. The average Bonchev–Trinajstić information content (AvgIpc) is 3.57. The number of fused-ring (bicyclic) bond motifs is 1. The third kappa shape index (κ3) is 10.8. The van der Waals surface area contributed by atoms with Gasteiger partial charge in [0.1, 0.15) is 21.5 Å². The summed E-state index contributed by atoms with van der Waals surface area (Å²) >= 11 is 5.92. The SMILES string of the molecule is COC(=O)c1c(NC(=O)C(Sc2cccc(NC(=O)/C(=C\c3ccc(Br)cc3)NC(=O)c3ccccc3)c2)c2ccccc2)sc2c1CCN(C(=O)OC(C)(C)C)C2. The minimum Gasteiger partial charge on any atom is -0.465 e. The molecule has 4 amide bonds. The lowest BCUT2D eigenvalue weighted by molar-refractivity contribution is -0.116. The highest BCUT2D eigenvalue weighted by Gasteiger charge is 2.34. The topological polar surface area (TPSA) is 143 Å². The van der Waals surface area contributed by atoms with Crippen molar-refractivity contribution in [2.24, 2.45) is 0 Å². The van der Waals surface area contributed by atoms with Crippen LogP contribution in [0.5, 0.6) is 0 Å². The fraction of sp³-hybridized carbons (Fsp3) is 0.205. The number of methoxy groups -OCH3 is 1. The van der Waals surface area contributed by atoms with Crippen LogP contribution < -0.4 is 16.0 Å². The summed E-state index contributed by atoms with van der Waals surface area (Å²) in [5.41, 5.74) is 2.60. The normalized spacial score (nSPS) is 13.1. The molecule has 0 fully saturated rings. The van der Waals surface area contributed by atoms with Crippen LogP contribution in [0, 0.1) is 0 Å². The van der Waals surface area contributed by atoms with E-state index in [9.17, 15) is 24.0 Å². The lowest BCUT2D eigenvalue weighted by Gasteiger charge is -2.30. The van der Waals surface area contributed by atoms with Gasteiger partial charge in [0.15, 0.2) is 0 Å². The Morgan fingerprint density at radius 1 is 0.879 bits per heavy atom. The Bertz CT molecular complexity index is 2340. The molecule has 14 heteroatoms. The van der Waals surface area contributed by atoms with E-state index in [1.165, 1.54) is 30.2 Å². The second-order valence-corrected chi connectivity index (χ2v) is 17.4. The second kappa shape index (κ2) is 18.7. The first-order chi connectivity index (χ1) is 27.8. The Morgan fingerprint density at radius 2 is 1.57 bits per heavy atom. The van der Waals surface area contributed by atoms with Crippen LogP contribution >= 0.6 is 39.0 Å². The van der Waals surface area contributed by atoms with Crippen LogP contribution in [0.1, 0.15) is 68.3 Å². The number of nitrogens with zero attached hydrogens (tertiary/aromatic N) is 1. The highest BCUT2D eigenvalue weighted by atomic mass is 79.9. The number of ether oxygens (including phenoxy) is 2. The van der Waals surface area contributed by atoms with Gasteiger partial charge in [-0.15, -0.1) is 23.1 Å². The van der Waals surface area contributed by atoms with E-state index in [0.717, 1.165) is 14.9 Å². The van der Waals surface area contributed by atoms with Crippen LogP contribution in [0.3, 0.4) is 0 Å². The maximum Gasteiger partial charge on any atom is 0.410 e. The van der Waals surface area contributed by atoms with E-state index in [1.54, 1.807) is 80.3 Å². The molecule has 3 N–H and O–H groups in total. The molecule has 4 aromatic carbocycles. The van der Waals surface area contributed by atoms with Crippen molar-refractivity contribution in [3.63, 3.8) is 0 Å². The van der Waals surface area contributed by atoms with Crippen LogP contribution in [-0.2, 0) is 32.0 Å². The third-order valence-corrected chi connectivity index (χ3v) is 11.6. The van der Waals surface area contributed by atoms with Gasteiger partial charge in [0.05, 0.1) is 19.2 Å². The number of carbonyl (C=O) groups excluding carboxylic acids is 5. The monoisotopic (exact) mass is 880 g/mol. The molecular formula is C44H41BrN4O7S2. The molecule has 0 saturated heterocycles. The molecule has 6 rings (SSSR count). The number of anilines is 2. The Balaban J connectivity index is 1.24. The summed E-state index contributed by atoms with van der Waals surface area (Å²) < 4.78 is 11.6. The number of thiophene rings is 1. The number of esters is 1. The zero-order valence-electron chi connectivity index (χ0n) is 32.2. The van der Waals surface area contributed by atoms with E-state index in [4.69, 9.17) is 9.47 Å². The van der Waals surface area contributed by atoms with Gasteiger partial charge in [-0.05, 0) is 92.4 Å². The molecule has 1 atom stereocenters. The number of benzene rings is 4. The Labute approximate surface area is 353 Å². The molecule has 1 aliphatic rings. The van der Waals surface area contributed by atoms with Crippen molar-refractivity contribution in [1.82, 2.24) is 10.2 Å². The molecule has 11 nitrogen and oxygen atoms in total. The van der Waals surface area contributed by atoms with Crippen molar-refractivity contribution in [3.05, 3.63) is 152 Å². The van der Waals surface area contributed by atoms with Gasteiger partial charge in [-0.2, -0.15) is 0 Å². The summed E-state index contributed by atoms with van der Waals surface area (Å²) in [6.07, 6.45) is 1.53. The summed E-state index contributed by atoms with van der Waals surface area (Å²) in [5, 5.41) is 8.21. The second-order valence-electron chi connectivity index (χ2n) is 14.2. The van der Waals surface area contributed by atoms with Crippen molar-refractivity contribution < 1.29 is 33.4 Å². The summed E-state index contributed by atoms with van der Waals surface area (Å²) in [7, 11) is 1.29. The van der Waals surface area contributed by atoms with Gasteiger partial charge in [-0.3, -0.25) is 14.4 Å². The predicted octanol–water partition coefficient (Wildman–Crippen LogP) is 9.47. The molecule has 58 heavy (non-hydrogen) atoms. The van der Waals surface area contributed by atoms with Gasteiger partial charge < -0.3 is 30.3 Å². The van der Waals surface area contributed by atoms with Gasteiger partial charge in [0, 0.05) is 32.0 Å². The number of amides is 4. The van der Waals surface area contributed by atoms with Gasteiger partial charge >= 0.3 is 12.1 Å². The van der Waals surface area contributed by atoms with E-state index < -0.39 is 34.7 Å². The van der Waals surface area contributed by atoms with Crippen LogP contribution in [0.25, 0.3) is 6.08 Å². The smallest absolute Gasteiger partial charge is 0.410 e. The highest BCUT2D eigenvalue weighted by molar-refractivity contribution is 9.10. The Kier molecular flexibility index (Phi) is 13.5. The zero-order valence-corrected chi connectivity index (χ0v) is 35.4. The summed E-state index contributed by atoms with van der Waals surface area (Å²) in [6, 6.07) is 32.2. The maximum absolute atomic E-state index is 14.3. The first kappa shape index (κ1) is 41.9. The van der Waals surface area contributed by atoms with E-state index in [2.05, 4.69) is 31.9 Å². The van der Waals surface area contributed by atoms with Crippen LogP contribution in [0.15, 0.2) is 124 Å². The summed E-state index contributed by atoms with van der Waals surface area (Å²) in [5.74, 6) is -1.96. The molecule has 0 saturated carbocycles. The average molecular weight is 882 g/mol. The molecule has 1 aliphatic heterocycles. The lowest BCUT2D eigenvalue weighted by atomic mass is 10.0. The lowest BCUT2D eigenvalue weighted by Crippen LogP contribution is -2.39. The predicted molar refractivity (Wildman–Crippen MR) is 231 cm³/mol. The molecule has 0 spiro atoms. The summed E-state index contributed by atoms with van der Waals surface area (Å²) in [4.78, 5) is 70.3. The van der Waals surface area contributed by atoms with E-state index >= 15 is 0 Å². The molecule has 1 unspecified atom stereocenters. The van der Waals surface area contributed by atoms with E-state index in [1.807, 2.05) is 60.7 Å². The van der Waals surface area contributed by atoms with Gasteiger partial charge in [-0.1, -0.05) is 82.7 Å². The number of nitrogens with one attached hydrogen (secondary N) is 3. The number of hydrogen-bond donors (Lipinski definition) is 3. The fourth-order valence-electron chi connectivity index (χ4n) is 6.02. The first-order valence-electron chi connectivity index (χ1n) is 18.3. The minimum atomic E-state index is -0.784. The van der Waals surface area contributed by atoms with Gasteiger partial charge in [0.25, 0.3) is 11.8 Å². The molecule has 2 heterocycles. The van der Waals surface area contributed by atoms with Crippen LogP contribution in [-0.4, -0.2) is 53.9 Å². The van der Waals surface area contributed by atoms with Crippen molar-refractivity contribution in [2.75, 3.05) is 24.3 Å². The molecule has 0 aliphatic carbocycles. The van der Waals surface area contributed by atoms with Crippen molar-refractivity contribution >= 4 is 85.6 Å². The van der Waals surface area contributed by atoms with Crippen molar-refractivity contribution in [2.45, 2.75) is 49.5 Å². The molecule has 0 radical (unpaired) electrons. The molecule has 0 bridgehead atoms. The Hall–Kier alpha value is -5.70. The third-order valence-electron chi connectivity index (χ3n) is 8.73. The molecular weight excluding hydrogens is 841 g/mol. The zero-order chi connectivity index (χ0) is 41.4. The molecule has 5 aromatic rings. The first-order valence-corrected chi connectivity index (χ1v) is 20.7. The van der Waals surface area contributed by atoms with Crippen LogP contribution in [0.2, 0.25) is 0 Å².